The number of fused-ring (bicyclic) bond motifs is 3. The zero-order valence-corrected chi connectivity index (χ0v) is 8.46. The van der Waals surface area contributed by atoms with Crippen molar-refractivity contribution < 1.29 is 9.59 Å². The van der Waals surface area contributed by atoms with Gasteiger partial charge >= 0.3 is 0 Å². The van der Waals surface area contributed by atoms with Gasteiger partial charge in [0.15, 0.2) is 0 Å². The second-order valence-electron chi connectivity index (χ2n) is 5.21. The molecule has 13 heavy (non-hydrogen) atoms. The van der Waals surface area contributed by atoms with E-state index in [-0.39, 0.29) is 34.7 Å². The van der Waals surface area contributed by atoms with Gasteiger partial charge in [0.05, 0.1) is 5.92 Å². The van der Waals surface area contributed by atoms with Crippen LogP contribution >= 0.6 is 0 Å². The molecule has 2 heteroatoms. The number of carbonyl (C=O) groups is 2. The summed E-state index contributed by atoms with van der Waals surface area (Å²) in [5.41, 5.74) is 0.186. The van der Waals surface area contributed by atoms with Crippen LogP contribution in [0.1, 0.15) is 33.6 Å². The van der Waals surface area contributed by atoms with E-state index in [1.165, 1.54) is 0 Å². The summed E-state index contributed by atoms with van der Waals surface area (Å²) in [6, 6.07) is 0. The lowest BCUT2D eigenvalue weighted by Crippen LogP contribution is -2.53. The fraction of sp³-hybridized carbons (Fsp3) is 0.818. The Morgan fingerprint density at radius 3 is 2.46 bits per heavy atom. The van der Waals surface area contributed by atoms with Gasteiger partial charge < -0.3 is 0 Å². The molecule has 2 bridgehead atoms. The first-order valence-corrected chi connectivity index (χ1v) is 5.00. The monoisotopic (exact) mass is 180 g/mol. The number of hydrogen-bond donors (Lipinski definition) is 0. The molecule has 0 aromatic carbocycles. The first-order valence-electron chi connectivity index (χ1n) is 5.00. The number of carbonyl (C=O) groups excluding carboxylic acids is 2. The third kappa shape index (κ3) is 1.07. The van der Waals surface area contributed by atoms with Gasteiger partial charge in [0.2, 0.25) is 0 Å². The standard InChI is InChI=1S/C11H16O2/c1-6-8-4-9(12)7(10(6)13)5-11(8,2)3/h6-8H,4-5H2,1-3H3. The van der Waals surface area contributed by atoms with Crippen molar-refractivity contribution in [3.8, 4) is 0 Å². The molecule has 0 N–H and O–H groups in total. The molecule has 0 spiro atoms. The summed E-state index contributed by atoms with van der Waals surface area (Å²) >= 11 is 0. The van der Waals surface area contributed by atoms with E-state index in [4.69, 9.17) is 0 Å². The van der Waals surface area contributed by atoms with Crippen LogP contribution in [0.25, 0.3) is 0 Å². The largest absolute Gasteiger partial charge is 0.299 e. The molecule has 3 saturated carbocycles. The van der Waals surface area contributed by atoms with Gasteiger partial charge in [-0.25, -0.2) is 0 Å². The van der Waals surface area contributed by atoms with Crippen LogP contribution in [0.15, 0.2) is 0 Å². The van der Waals surface area contributed by atoms with Crippen LogP contribution < -0.4 is 0 Å². The molecule has 3 aliphatic rings. The average Bonchev–Trinajstić information content (AvgIpc) is 2.03. The molecule has 72 valence electrons. The van der Waals surface area contributed by atoms with Gasteiger partial charge in [-0.1, -0.05) is 20.8 Å². The summed E-state index contributed by atoms with van der Waals surface area (Å²) < 4.78 is 0. The molecule has 0 aliphatic heterocycles. The maximum Gasteiger partial charge on any atom is 0.146 e. The molecule has 0 aromatic heterocycles. The molecular weight excluding hydrogens is 164 g/mol. The highest BCUT2D eigenvalue weighted by Gasteiger charge is 2.53. The Balaban J connectivity index is 2.38. The molecule has 0 radical (unpaired) electrons. The molecule has 0 amide bonds. The number of rotatable bonds is 0. The fourth-order valence-corrected chi connectivity index (χ4v) is 3.06. The van der Waals surface area contributed by atoms with E-state index in [0.29, 0.717) is 6.42 Å². The Labute approximate surface area is 78.7 Å². The minimum Gasteiger partial charge on any atom is -0.299 e. The summed E-state index contributed by atoms with van der Waals surface area (Å²) in [5.74, 6) is 0.506. The van der Waals surface area contributed by atoms with Crippen molar-refractivity contribution >= 4 is 11.6 Å². The van der Waals surface area contributed by atoms with E-state index in [1.807, 2.05) is 6.92 Å². The quantitative estimate of drug-likeness (QED) is 0.533. The van der Waals surface area contributed by atoms with Gasteiger partial charge in [0, 0.05) is 12.3 Å². The van der Waals surface area contributed by atoms with Crippen molar-refractivity contribution in [3.05, 3.63) is 0 Å². The minimum atomic E-state index is -0.269. The van der Waals surface area contributed by atoms with Crippen LogP contribution in [0.4, 0.5) is 0 Å². The smallest absolute Gasteiger partial charge is 0.146 e. The van der Waals surface area contributed by atoms with Gasteiger partial charge in [0.1, 0.15) is 11.6 Å². The Morgan fingerprint density at radius 2 is 1.92 bits per heavy atom. The van der Waals surface area contributed by atoms with Crippen molar-refractivity contribution in [1.82, 2.24) is 0 Å². The van der Waals surface area contributed by atoms with Crippen LogP contribution in [0.5, 0.6) is 0 Å². The highest BCUT2D eigenvalue weighted by atomic mass is 16.2. The number of Topliss-reactive ketones (excluding diaryl/α,β-unsaturated/α-hetero) is 2. The number of ketones is 2. The third-order valence-corrected chi connectivity index (χ3v) is 3.94. The third-order valence-electron chi connectivity index (χ3n) is 3.94. The fourth-order valence-electron chi connectivity index (χ4n) is 3.06. The normalized spacial score (nSPS) is 42.5. The van der Waals surface area contributed by atoms with Crippen molar-refractivity contribution in [2.45, 2.75) is 33.6 Å². The Kier molecular flexibility index (Phi) is 1.67. The van der Waals surface area contributed by atoms with E-state index < -0.39 is 0 Å². The highest BCUT2D eigenvalue weighted by molar-refractivity contribution is 6.06. The molecule has 3 rings (SSSR count). The van der Waals surface area contributed by atoms with E-state index in [0.717, 1.165) is 6.42 Å². The Hall–Kier alpha value is -0.660. The summed E-state index contributed by atoms with van der Waals surface area (Å²) in [5, 5.41) is 0. The minimum absolute atomic E-state index is 0.103. The summed E-state index contributed by atoms with van der Waals surface area (Å²) in [7, 11) is 0. The summed E-state index contributed by atoms with van der Waals surface area (Å²) in [4.78, 5) is 23.1. The Morgan fingerprint density at radius 1 is 1.31 bits per heavy atom. The van der Waals surface area contributed by atoms with Gasteiger partial charge in [-0.2, -0.15) is 0 Å². The zero-order chi connectivity index (χ0) is 9.80. The predicted molar refractivity (Wildman–Crippen MR) is 49.2 cm³/mol. The van der Waals surface area contributed by atoms with Crippen LogP contribution in [-0.2, 0) is 9.59 Å². The van der Waals surface area contributed by atoms with Gasteiger partial charge in [-0.05, 0) is 17.8 Å². The van der Waals surface area contributed by atoms with Crippen LogP contribution in [0, 0.1) is 23.2 Å². The SMILES string of the molecule is CC1C(=O)C2CC(C)(C)C1CC2=O. The maximum absolute atomic E-state index is 11.7. The second-order valence-corrected chi connectivity index (χ2v) is 5.21. The average molecular weight is 180 g/mol. The summed E-state index contributed by atoms with van der Waals surface area (Å²) in [6.45, 7) is 6.34. The van der Waals surface area contributed by atoms with E-state index in [9.17, 15) is 9.59 Å². The summed E-state index contributed by atoms with van der Waals surface area (Å²) in [6.07, 6.45) is 1.41. The van der Waals surface area contributed by atoms with E-state index in [1.54, 1.807) is 0 Å². The van der Waals surface area contributed by atoms with Crippen molar-refractivity contribution in [2.24, 2.45) is 23.2 Å². The molecule has 0 saturated heterocycles. The molecule has 3 fully saturated rings. The molecule has 2 nitrogen and oxygen atoms in total. The second kappa shape index (κ2) is 2.43. The van der Waals surface area contributed by atoms with Gasteiger partial charge in [0.25, 0.3) is 0 Å². The van der Waals surface area contributed by atoms with Gasteiger partial charge in [-0.3, -0.25) is 9.59 Å². The molecule has 0 aromatic rings. The molecule has 3 unspecified atom stereocenters. The lowest BCUT2D eigenvalue weighted by Gasteiger charge is -2.49. The van der Waals surface area contributed by atoms with Crippen molar-refractivity contribution in [3.63, 3.8) is 0 Å². The first-order chi connectivity index (χ1) is 5.93. The molecule has 3 aliphatic carbocycles. The van der Waals surface area contributed by atoms with Crippen molar-refractivity contribution in [2.75, 3.05) is 0 Å². The Bertz CT molecular complexity index is 278. The van der Waals surface area contributed by atoms with Crippen LogP contribution in [-0.4, -0.2) is 11.6 Å². The molecule has 3 atom stereocenters. The van der Waals surface area contributed by atoms with E-state index in [2.05, 4.69) is 13.8 Å². The van der Waals surface area contributed by atoms with Crippen LogP contribution in [0.2, 0.25) is 0 Å². The molecular formula is C11H16O2. The lowest BCUT2D eigenvalue weighted by atomic mass is 9.53. The highest BCUT2D eigenvalue weighted by Crippen LogP contribution is 2.51. The van der Waals surface area contributed by atoms with Crippen molar-refractivity contribution in [1.29, 1.82) is 0 Å². The first kappa shape index (κ1) is 8.92. The zero-order valence-electron chi connectivity index (χ0n) is 8.46. The lowest BCUT2D eigenvalue weighted by molar-refractivity contribution is -0.153. The van der Waals surface area contributed by atoms with Gasteiger partial charge in [-0.15, -0.1) is 0 Å². The predicted octanol–water partition coefficient (Wildman–Crippen LogP) is 1.83. The molecule has 0 heterocycles. The van der Waals surface area contributed by atoms with Crippen LogP contribution in [0.3, 0.4) is 0 Å². The number of hydrogen-bond acceptors (Lipinski definition) is 2. The maximum atomic E-state index is 11.7. The van der Waals surface area contributed by atoms with E-state index >= 15 is 0 Å². The topological polar surface area (TPSA) is 34.1 Å².